The van der Waals surface area contributed by atoms with Gasteiger partial charge in [0, 0.05) is 13.1 Å². The number of hydrogen-bond acceptors (Lipinski definition) is 1. The van der Waals surface area contributed by atoms with Crippen LogP contribution >= 0.6 is 0 Å². The van der Waals surface area contributed by atoms with Gasteiger partial charge >= 0.3 is 0 Å². The van der Waals surface area contributed by atoms with E-state index in [9.17, 15) is 0 Å². The predicted molar refractivity (Wildman–Crippen MR) is 40.7 cm³/mol. The molecule has 0 aromatic rings. The lowest BCUT2D eigenvalue weighted by atomic mass is 9.96. The van der Waals surface area contributed by atoms with Crippen molar-refractivity contribution in [3.05, 3.63) is 11.1 Å². The molecule has 2 N–H and O–H groups in total. The van der Waals surface area contributed by atoms with Gasteiger partial charge in [-0.3, -0.25) is 0 Å². The molecule has 0 amide bonds. The number of nitrogens with zero attached hydrogens (tertiary/aromatic N) is 1. The predicted octanol–water partition coefficient (Wildman–Crippen LogP) is 0.412. The fourth-order valence-corrected chi connectivity index (χ4v) is 1.97. The standard InChI is InChI=1S/C8H13N2/c1-6-2-3-8(9)5-10-4-7(6)8/h2-5,9H2,1H3/t8-/m1/s1. The maximum absolute atomic E-state index is 6.10. The zero-order chi connectivity index (χ0) is 7.19. The minimum Gasteiger partial charge on any atom is -0.321 e. The third-order valence-electron chi connectivity index (χ3n) is 2.73. The fraction of sp³-hybridized carbons (Fsp3) is 0.750. The van der Waals surface area contributed by atoms with Crippen LogP contribution in [0.4, 0.5) is 0 Å². The van der Waals surface area contributed by atoms with E-state index in [-0.39, 0.29) is 5.54 Å². The number of nitrogens with two attached hydrogens (primary N) is 1. The molecule has 1 fully saturated rings. The monoisotopic (exact) mass is 137 g/mol. The first kappa shape index (κ1) is 6.38. The maximum atomic E-state index is 6.10. The van der Waals surface area contributed by atoms with E-state index in [0.717, 1.165) is 19.5 Å². The summed E-state index contributed by atoms with van der Waals surface area (Å²) >= 11 is 0. The number of hydrogen-bond donors (Lipinski definition) is 1. The topological polar surface area (TPSA) is 40.1 Å². The van der Waals surface area contributed by atoms with Gasteiger partial charge in [0.05, 0.1) is 5.54 Å². The van der Waals surface area contributed by atoms with Crippen molar-refractivity contribution < 1.29 is 0 Å². The van der Waals surface area contributed by atoms with Crippen LogP contribution in [0.2, 0.25) is 0 Å². The van der Waals surface area contributed by atoms with Crippen LogP contribution in [0, 0.1) is 0 Å². The molecule has 0 aromatic heterocycles. The van der Waals surface area contributed by atoms with Crippen molar-refractivity contribution in [2.75, 3.05) is 13.1 Å². The summed E-state index contributed by atoms with van der Waals surface area (Å²) in [6.07, 6.45) is 2.32. The largest absolute Gasteiger partial charge is 0.321 e. The number of fused-ring (bicyclic) bond motifs is 1. The van der Waals surface area contributed by atoms with E-state index in [1.807, 2.05) is 0 Å². The Morgan fingerprint density at radius 3 is 3.10 bits per heavy atom. The molecular weight excluding hydrogens is 124 g/mol. The van der Waals surface area contributed by atoms with Gasteiger partial charge in [-0.1, -0.05) is 5.57 Å². The van der Waals surface area contributed by atoms with Gasteiger partial charge in [0.25, 0.3) is 0 Å². The Labute approximate surface area is 61.5 Å². The molecule has 0 bridgehead atoms. The fourth-order valence-electron chi connectivity index (χ4n) is 1.97. The second-order valence-corrected chi connectivity index (χ2v) is 3.45. The highest BCUT2D eigenvalue weighted by molar-refractivity contribution is 5.35. The third-order valence-corrected chi connectivity index (χ3v) is 2.73. The highest BCUT2D eigenvalue weighted by Crippen LogP contribution is 2.36. The van der Waals surface area contributed by atoms with Crippen LogP contribution in [0.25, 0.3) is 0 Å². The summed E-state index contributed by atoms with van der Waals surface area (Å²) in [6, 6.07) is 0. The zero-order valence-corrected chi connectivity index (χ0v) is 6.35. The molecule has 10 heavy (non-hydrogen) atoms. The van der Waals surface area contributed by atoms with Crippen LogP contribution in [0.5, 0.6) is 0 Å². The Hall–Kier alpha value is -0.340. The lowest BCUT2D eigenvalue weighted by Gasteiger charge is -2.17. The molecule has 2 rings (SSSR count). The van der Waals surface area contributed by atoms with Gasteiger partial charge in [-0.05, 0) is 25.3 Å². The summed E-state index contributed by atoms with van der Waals surface area (Å²) in [4.78, 5) is 0. The summed E-state index contributed by atoms with van der Waals surface area (Å²) in [7, 11) is 0. The second kappa shape index (κ2) is 1.83. The van der Waals surface area contributed by atoms with Crippen LogP contribution in [-0.4, -0.2) is 18.6 Å². The molecule has 0 spiro atoms. The van der Waals surface area contributed by atoms with Crippen LogP contribution in [0.1, 0.15) is 19.8 Å². The van der Waals surface area contributed by atoms with E-state index in [2.05, 4.69) is 12.2 Å². The number of allylic oxidation sites excluding steroid dienone is 1. The molecule has 2 aliphatic rings. The first-order chi connectivity index (χ1) is 4.72. The Morgan fingerprint density at radius 1 is 1.60 bits per heavy atom. The Bertz CT molecular complexity index is 195. The maximum Gasteiger partial charge on any atom is 0.0531 e. The van der Waals surface area contributed by atoms with Crippen LogP contribution < -0.4 is 11.1 Å². The molecule has 2 nitrogen and oxygen atoms in total. The van der Waals surface area contributed by atoms with E-state index in [0.29, 0.717) is 0 Å². The summed E-state index contributed by atoms with van der Waals surface area (Å²) in [5, 5.41) is 4.31. The van der Waals surface area contributed by atoms with E-state index in [1.54, 1.807) is 0 Å². The summed E-state index contributed by atoms with van der Waals surface area (Å²) < 4.78 is 0. The molecule has 1 saturated heterocycles. The zero-order valence-electron chi connectivity index (χ0n) is 6.35. The SMILES string of the molecule is CC1=C2C[N]C[C@]2(N)CC1. The van der Waals surface area contributed by atoms with Crippen molar-refractivity contribution in [1.29, 1.82) is 0 Å². The molecule has 1 radical (unpaired) electrons. The van der Waals surface area contributed by atoms with Crippen molar-refractivity contribution in [2.45, 2.75) is 25.3 Å². The molecular formula is C8H13N2. The molecule has 0 saturated carbocycles. The minimum atomic E-state index is -0.00984. The van der Waals surface area contributed by atoms with E-state index < -0.39 is 0 Å². The lowest BCUT2D eigenvalue weighted by molar-refractivity contribution is 0.520. The van der Waals surface area contributed by atoms with Crippen molar-refractivity contribution in [2.24, 2.45) is 5.73 Å². The quantitative estimate of drug-likeness (QED) is 0.483. The van der Waals surface area contributed by atoms with E-state index >= 15 is 0 Å². The van der Waals surface area contributed by atoms with E-state index in [4.69, 9.17) is 5.73 Å². The van der Waals surface area contributed by atoms with Crippen LogP contribution in [0.15, 0.2) is 11.1 Å². The molecule has 55 valence electrons. The highest BCUT2D eigenvalue weighted by Gasteiger charge is 2.39. The molecule has 0 aromatic carbocycles. The summed E-state index contributed by atoms with van der Waals surface area (Å²) in [5.74, 6) is 0. The van der Waals surface area contributed by atoms with Gasteiger partial charge in [-0.25, -0.2) is 5.32 Å². The van der Waals surface area contributed by atoms with Crippen molar-refractivity contribution >= 4 is 0 Å². The molecule has 0 unspecified atom stereocenters. The van der Waals surface area contributed by atoms with Gasteiger partial charge in [-0.2, -0.15) is 0 Å². The van der Waals surface area contributed by atoms with Gasteiger partial charge in [0.15, 0.2) is 0 Å². The van der Waals surface area contributed by atoms with Crippen molar-refractivity contribution in [1.82, 2.24) is 5.32 Å². The Morgan fingerprint density at radius 2 is 2.40 bits per heavy atom. The highest BCUT2D eigenvalue weighted by atomic mass is 15.0. The lowest BCUT2D eigenvalue weighted by Crippen LogP contribution is -2.40. The van der Waals surface area contributed by atoms with E-state index in [1.165, 1.54) is 17.6 Å². The van der Waals surface area contributed by atoms with Gasteiger partial charge < -0.3 is 5.73 Å². The molecule has 1 atom stereocenters. The average Bonchev–Trinajstić information content (AvgIpc) is 2.35. The Kier molecular flexibility index (Phi) is 1.17. The smallest absolute Gasteiger partial charge is 0.0531 e. The van der Waals surface area contributed by atoms with Crippen molar-refractivity contribution in [3.8, 4) is 0 Å². The first-order valence-corrected chi connectivity index (χ1v) is 3.84. The molecule has 1 heterocycles. The van der Waals surface area contributed by atoms with Crippen LogP contribution in [0.3, 0.4) is 0 Å². The number of rotatable bonds is 0. The van der Waals surface area contributed by atoms with Gasteiger partial charge in [0.2, 0.25) is 0 Å². The van der Waals surface area contributed by atoms with Crippen molar-refractivity contribution in [3.63, 3.8) is 0 Å². The summed E-state index contributed by atoms with van der Waals surface area (Å²) in [5.41, 5.74) is 9.01. The minimum absolute atomic E-state index is 0.00984. The third kappa shape index (κ3) is 0.662. The Balaban J connectivity index is 2.38. The summed E-state index contributed by atoms with van der Waals surface area (Å²) in [6.45, 7) is 3.95. The van der Waals surface area contributed by atoms with Gasteiger partial charge in [-0.15, -0.1) is 0 Å². The average molecular weight is 137 g/mol. The van der Waals surface area contributed by atoms with Crippen LogP contribution in [-0.2, 0) is 0 Å². The second-order valence-electron chi connectivity index (χ2n) is 3.45. The molecule has 1 aliphatic heterocycles. The molecule has 1 aliphatic carbocycles. The molecule has 2 heteroatoms. The first-order valence-electron chi connectivity index (χ1n) is 3.84. The normalized spacial score (nSPS) is 39.0. The van der Waals surface area contributed by atoms with Gasteiger partial charge in [0.1, 0.15) is 0 Å².